The zero-order valence-corrected chi connectivity index (χ0v) is 6.12. The number of rotatable bonds is 0. The molecule has 0 radical (unpaired) electrons. The van der Waals surface area contributed by atoms with E-state index in [-0.39, 0.29) is 0 Å². The van der Waals surface area contributed by atoms with E-state index in [1.807, 2.05) is 0 Å². The van der Waals surface area contributed by atoms with Crippen LogP contribution in [0.15, 0.2) is 24.4 Å². The van der Waals surface area contributed by atoms with Crippen LogP contribution in [-0.2, 0) is 6.54 Å². The summed E-state index contributed by atoms with van der Waals surface area (Å²) in [4.78, 5) is 2.26. The van der Waals surface area contributed by atoms with Crippen LogP contribution in [0.5, 0.6) is 0 Å². The van der Waals surface area contributed by atoms with Crippen LogP contribution >= 0.6 is 0 Å². The molecule has 0 saturated carbocycles. The summed E-state index contributed by atoms with van der Waals surface area (Å²) in [7, 11) is 2.12. The van der Waals surface area contributed by atoms with E-state index in [9.17, 15) is 0 Å². The maximum Gasteiger partial charge on any atom is 0.276 e. The lowest BCUT2D eigenvalue weighted by Gasteiger charge is -1.99. The van der Waals surface area contributed by atoms with Crippen LogP contribution in [0.1, 0.15) is 0 Å². The molecule has 2 heteroatoms. The second kappa shape index (κ2) is 1.97. The maximum atomic E-state index is 2.26. The number of nitrogens with zero attached hydrogens (tertiary/aromatic N) is 2. The molecule has 0 N–H and O–H groups in total. The van der Waals surface area contributed by atoms with E-state index < -0.39 is 0 Å². The zero-order valence-electron chi connectivity index (χ0n) is 6.12. The van der Waals surface area contributed by atoms with Gasteiger partial charge in [-0.15, -0.1) is 0 Å². The van der Waals surface area contributed by atoms with Crippen LogP contribution in [0.4, 0.5) is 5.82 Å². The number of pyridine rings is 1. The SMILES string of the molecule is CN1CC[n+]2ccccc21. The van der Waals surface area contributed by atoms with Gasteiger partial charge in [-0.05, 0) is 6.07 Å². The topological polar surface area (TPSA) is 7.12 Å². The van der Waals surface area contributed by atoms with Crippen LogP contribution in [0, 0.1) is 0 Å². The number of aromatic nitrogens is 1. The van der Waals surface area contributed by atoms with Gasteiger partial charge in [-0.25, -0.2) is 4.57 Å². The number of fused-ring (bicyclic) bond motifs is 1. The molecule has 1 aliphatic rings. The minimum atomic E-state index is 1.13. The van der Waals surface area contributed by atoms with E-state index in [1.165, 1.54) is 5.82 Å². The largest absolute Gasteiger partial charge is 0.276 e. The lowest BCUT2D eigenvalue weighted by Crippen LogP contribution is -2.29. The van der Waals surface area contributed by atoms with Gasteiger partial charge in [0, 0.05) is 6.07 Å². The lowest BCUT2D eigenvalue weighted by atomic mass is 10.4. The van der Waals surface area contributed by atoms with Gasteiger partial charge in [-0.3, -0.25) is 4.90 Å². The van der Waals surface area contributed by atoms with Gasteiger partial charge in [-0.1, -0.05) is 6.07 Å². The first-order valence-electron chi connectivity index (χ1n) is 3.57. The Kier molecular flexibility index (Phi) is 1.13. The highest BCUT2D eigenvalue weighted by Gasteiger charge is 2.21. The molecule has 0 spiro atoms. The maximum absolute atomic E-state index is 2.26. The zero-order chi connectivity index (χ0) is 6.97. The Morgan fingerprint density at radius 1 is 1.50 bits per heavy atom. The van der Waals surface area contributed by atoms with E-state index in [1.54, 1.807) is 0 Å². The highest BCUT2D eigenvalue weighted by Crippen LogP contribution is 2.08. The Labute approximate surface area is 60.7 Å². The molecule has 0 aromatic carbocycles. The summed E-state index contributed by atoms with van der Waals surface area (Å²) in [5.74, 6) is 1.32. The standard InChI is InChI=1S/C8H11N2/c1-9-6-7-10-5-3-2-4-8(9)10/h2-5H,6-7H2,1H3/q+1. The third kappa shape index (κ3) is 0.685. The predicted octanol–water partition coefficient (Wildman–Crippen LogP) is 0.424. The number of hydrogen-bond acceptors (Lipinski definition) is 1. The van der Waals surface area contributed by atoms with Crippen molar-refractivity contribution in [1.29, 1.82) is 0 Å². The molecule has 0 aliphatic carbocycles. The van der Waals surface area contributed by atoms with E-state index in [0.717, 1.165) is 13.1 Å². The fourth-order valence-electron chi connectivity index (χ4n) is 1.38. The van der Waals surface area contributed by atoms with Crippen molar-refractivity contribution in [2.75, 3.05) is 18.5 Å². The van der Waals surface area contributed by atoms with Gasteiger partial charge in [0.2, 0.25) is 0 Å². The highest BCUT2D eigenvalue weighted by molar-refractivity contribution is 5.32. The normalized spacial score (nSPS) is 15.5. The Balaban J connectivity index is 2.51. The van der Waals surface area contributed by atoms with Crippen molar-refractivity contribution in [2.45, 2.75) is 6.54 Å². The van der Waals surface area contributed by atoms with Crippen molar-refractivity contribution >= 4 is 5.82 Å². The Bertz CT molecular complexity index is 245. The molecule has 2 rings (SSSR count). The minimum absolute atomic E-state index is 1.13. The summed E-state index contributed by atoms with van der Waals surface area (Å²) in [5, 5.41) is 0. The first-order valence-corrected chi connectivity index (χ1v) is 3.57. The van der Waals surface area contributed by atoms with Gasteiger partial charge in [0.1, 0.15) is 13.1 Å². The van der Waals surface area contributed by atoms with Crippen LogP contribution < -0.4 is 9.47 Å². The second-order valence-corrected chi connectivity index (χ2v) is 2.67. The Morgan fingerprint density at radius 3 is 3.20 bits per heavy atom. The summed E-state index contributed by atoms with van der Waals surface area (Å²) in [6, 6.07) is 6.29. The first kappa shape index (κ1) is 5.71. The number of likely N-dealkylation sites (N-methyl/N-ethyl adjacent to an activating group) is 1. The molecule has 1 aliphatic heterocycles. The molecule has 0 amide bonds. The summed E-state index contributed by atoms with van der Waals surface area (Å²) in [5.41, 5.74) is 0. The monoisotopic (exact) mass is 135 g/mol. The average molecular weight is 135 g/mol. The van der Waals surface area contributed by atoms with Crippen molar-refractivity contribution in [3.63, 3.8) is 0 Å². The summed E-state index contributed by atoms with van der Waals surface area (Å²) >= 11 is 0. The van der Waals surface area contributed by atoms with Gasteiger partial charge < -0.3 is 0 Å². The Hall–Kier alpha value is -1.05. The summed E-state index contributed by atoms with van der Waals surface area (Å²) in [6.45, 7) is 2.27. The van der Waals surface area contributed by atoms with E-state index >= 15 is 0 Å². The summed E-state index contributed by atoms with van der Waals surface area (Å²) in [6.07, 6.45) is 2.12. The predicted molar refractivity (Wildman–Crippen MR) is 39.9 cm³/mol. The molecular formula is C8H11N2+. The molecule has 1 aromatic rings. The molecule has 2 nitrogen and oxygen atoms in total. The van der Waals surface area contributed by atoms with Crippen LogP contribution in [-0.4, -0.2) is 13.6 Å². The molecule has 0 atom stereocenters. The van der Waals surface area contributed by atoms with Gasteiger partial charge in [-0.2, -0.15) is 0 Å². The molecule has 1 aromatic heterocycles. The first-order chi connectivity index (χ1) is 4.88. The van der Waals surface area contributed by atoms with E-state index in [4.69, 9.17) is 0 Å². The second-order valence-electron chi connectivity index (χ2n) is 2.67. The lowest BCUT2D eigenvalue weighted by molar-refractivity contribution is -0.670. The molecule has 0 fully saturated rings. The van der Waals surface area contributed by atoms with Gasteiger partial charge in [0.15, 0.2) is 0 Å². The van der Waals surface area contributed by atoms with E-state index in [0.29, 0.717) is 0 Å². The fraction of sp³-hybridized carbons (Fsp3) is 0.375. The van der Waals surface area contributed by atoms with Crippen molar-refractivity contribution in [2.24, 2.45) is 0 Å². The van der Waals surface area contributed by atoms with E-state index in [2.05, 4.69) is 40.9 Å². The molecular weight excluding hydrogens is 124 g/mol. The van der Waals surface area contributed by atoms with Crippen molar-refractivity contribution < 1.29 is 4.57 Å². The fourth-order valence-corrected chi connectivity index (χ4v) is 1.38. The molecule has 0 bridgehead atoms. The number of anilines is 1. The smallest absolute Gasteiger partial charge is 0.260 e. The third-order valence-electron chi connectivity index (χ3n) is 1.98. The quantitative estimate of drug-likeness (QED) is 0.468. The molecule has 10 heavy (non-hydrogen) atoms. The van der Waals surface area contributed by atoms with Gasteiger partial charge in [0.25, 0.3) is 5.82 Å². The van der Waals surface area contributed by atoms with Crippen molar-refractivity contribution in [3.8, 4) is 0 Å². The third-order valence-corrected chi connectivity index (χ3v) is 1.98. The molecule has 2 heterocycles. The molecule has 0 saturated heterocycles. The van der Waals surface area contributed by atoms with Crippen LogP contribution in [0.3, 0.4) is 0 Å². The minimum Gasteiger partial charge on any atom is -0.260 e. The molecule has 0 unspecified atom stereocenters. The average Bonchev–Trinajstić information content (AvgIpc) is 2.34. The number of hydrogen-bond donors (Lipinski definition) is 0. The Morgan fingerprint density at radius 2 is 2.40 bits per heavy atom. The molecule has 52 valence electrons. The van der Waals surface area contributed by atoms with Crippen molar-refractivity contribution in [3.05, 3.63) is 24.4 Å². The highest BCUT2D eigenvalue weighted by atomic mass is 15.3. The van der Waals surface area contributed by atoms with Crippen LogP contribution in [0.2, 0.25) is 0 Å². The van der Waals surface area contributed by atoms with Crippen molar-refractivity contribution in [1.82, 2.24) is 0 Å². The van der Waals surface area contributed by atoms with Crippen LogP contribution in [0.25, 0.3) is 0 Å². The van der Waals surface area contributed by atoms with Gasteiger partial charge in [0.05, 0.1) is 13.2 Å². The van der Waals surface area contributed by atoms with Gasteiger partial charge >= 0.3 is 0 Å². The summed E-state index contributed by atoms with van der Waals surface area (Å²) < 4.78 is 2.26.